The van der Waals surface area contributed by atoms with Gasteiger partial charge in [0.1, 0.15) is 0 Å². The summed E-state index contributed by atoms with van der Waals surface area (Å²) in [7, 11) is 0. The predicted octanol–water partition coefficient (Wildman–Crippen LogP) is 4.64. The fourth-order valence-electron chi connectivity index (χ4n) is 3.24. The van der Waals surface area contributed by atoms with Gasteiger partial charge in [-0.05, 0) is 62.6 Å². The van der Waals surface area contributed by atoms with Crippen molar-refractivity contribution < 1.29 is 4.74 Å². The third-order valence-electron chi connectivity index (χ3n) is 4.51. The molecule has 1 aromatic carbocycles. The van der Waals surface area contributed by atoms with Crippen molar-refractivity contribution in [2.45, 2.75) is 70.9 Å². The van der Waals surface area contributed by atoms with Crippen LogP contribution < -0.4 is 5.32 Å². The second-order valence-corrected chi connectivity index (χ2v) is 6.15. The molecule has 0 saturated carbocycles. The molecule has 0 heterocycles. The molecule has 0 fully saturated rings. The number of hydrogen-bond donors (Lipinski definition) is 1. The van der Waals surface area contributed by atoms with Crippen LogP contribution in [0.4, 0.5) is 0 Å². The van der Waals surface area contributed by atoms with Gasteiger partial charge in [-0.3, -0.25) is 0 Å². The van der Waals surface area contributed by atoms with Crippen LogP contribution in [0.25, 0.3) is 0 Å². The van der Waals surface area contributed by atoms with E-state index in [2.05, 4.69) is 43.4 Å². The molecule has 2 atom stereocenters. The van der Waals surface area contributed by atoms with Gasteiger partial charge in [-0.25, -0.2) is 0 Å². The smallest absolute Gasteiger partial charge is 0.0827 e. The van der Waals surface area contributed by atoms with Gasteiger partial charge in [0.25, 0.3) is 0 Å². The zero-order valence-corrected chi connectivity index (χ0v) is 13.7. The highest BCUT2D eigenvalue weighted by Gasteiger charge is 2.19. The molecule has 2 unspecified atom stereocenters. The first-order valence-corrected chi connectivity index (χ1v) is 8.78. The summed E-state index contributed by atoms with van der Waals surface area (Å²) in [6, 6.07) is 9.45. The number of ether oxygens (including phenoxy) is 1. The van der Waals surface area contributed by atoms with E-state index < -0.39 is 0 Å². The number of aryl methyl sites for hydroxylation is 1. The van der Waals surface area contributed by atoms with Crippen LogP contribution in [-0.4, -0.2) is 19.2 Å². The summed E-state index contributed by atoms with van der Waals surface area (Å²) < 4.78 is 6.18. The maximum atomic E-state index is 6.18. The Kier molecular flexibility index (Phi) is 7.25. The summed E-state index contributed by atoms with van der Waals surface area (Å²) in [6.45, 7) is 6.52. The van der Waals surface area contributed by atoms with E-state index in [0.29, 0.717) is 12.1 Å². The summed E-state index contributed by atoms with van der Waals surface area (Å²) in [6.07, 6.45) is 8.81. The maximum Gasteiger partial charge on any atom is 0.0827 e. The highest BCUT2D eigenvalue weighted by atomic mass is 16.5. The molecule has 0 saturated heterocycles. The SMILES string of the molecule is CCCNC(CC)CCCOC1CCCc2ccccc21. The topological polar surface area (TPSA) is 21.3 Å². The monoisotopic (exact) mass is 289 g/mol. The van der Waals surface area contributed by atoms with Gasteiger partial charge in [0.2, 0.25) is 0 Å². The van der Waals surface area contributed by atoms with Crippen molar-refractivity contribution in [3.05, 3.63) is 35.4 Å². The van der Waals surface area contributed by atoms with Crippen molar-refractivity contribution in [2.24, 2.45) is 0 Å². The molecule has 118 valence electrons. The first kappa shape index (κ1) is 16.5. The van der Waals surface area contributed by atoms with Gasteiger partial charge in [-0.2, -0.15) is 0 Å². The van der Waals surface area contributed by atoms with Crippen molar-refractivity contribution in [1.82, 2.24) is 5.32 Å². The highest BCUT2D eigenvalue weighted by molar-refractivity contribution is 5.31. The Hall–Kier alpha value is -0.860. The van der Waals surface area contributed by atoms with Gasteiger partial charge in [-0.1, -0.05) is 38.1 Å². The normalized spacial score (nSPS) is 19.2. The Bertz CT molecular complexity index is 404. The number of rotatable bonds is 9. The molecule has 0 aliphatic heterocycles. The molecule has 0 bridgehead atoms. The molecule has 0 radical (unpaired) electrons. The van der Waals surface area contributed by atoms with Gasteiger partial charge >= 0.3 is 0 Å². The Morgan fingerprint density at radius 1 is 1.29 bits per heavy atom. The number of benzene rings is 1. The van der Waals surface area contributed by atoms with E-state index in [-0.39, 0.29) is 0 Å². The Morgan fingerprint density at radius 3 is 2.95 bits per heavy atom. The molecule has 0 aromatic heterocycles. The van der Waals surface area contributed by atoms with Crippen LogP contribution in [0.1, 0.15) is 69.6 Å². The Morgan fingerprint density at radius 2 is 2.14 bits per heavy atom. The average Bonchev–Trinajstić information content (AvgIpc) is 2.54. The maximum absolute atomic E-state index is 6.18. The average molecular weight is 289 g/mol. The lowest BCUT2D eigenvalue weighted by Gasteiger charge is -2.26. The summed E-state index contributed by atoms with van der Waals surface area (Å²) in [5.74, 6) is 0. The molecule has 2 nitrogen and oxygen atoms in total. The van der Waals surface area contributed by atoms with Gasteiger partial charge in [0.15, 0.2) is 0 Å². The molecule has 1 aliphatic carbocycles. The fourth-order valence-corrected chi connectivity index (χ4v) is 3.24. The van der Waals surface area contributed by atoms with Crippen molar-refractivity contribution in [3.8, 4) is 0 Å². The van der Waals surface area contributed by atoms with Crippen LogP contribution >= 0.6 is 0 Å². The van der Waals surface area contributed by atoms with Crippen LogP contribution in [0.2, 0.25) is 0 Å². The van der Waals surface area contributed by atoms with Crippen LogP contribution in [0.5, 0.6) is 0 Å². The van der Waals surface area contributed by atoms with E-state index in [1.807, 2.05) is 0 Å². The van der Waals surface area contributed by atoms with Crippen LogP contribution in [-0.2, 0) is 11.2 Å². The molecule has 0 spiro atoms. The molecule has 21 heavy (non-hydrogen) atoms. The third kappa shape index (κ3) is 5.12. The van der Waals surface area contributed by atoms with E-state index in [1.165, 1.54) is 49.7 Å². The first-order valence-electron chi connectivity index (χ1n) is 8.78. The van der Waals surface area contributed by atoms with Gasteiger partial charge < -0.3 is 10.1 Å². The molecular weight excluding hydrogens is 258 g/mol. The predicted molar refractivity (Wildman–Crippen MR) is 89.7 cm³/mol. The summed E-state index contributed by atoms with van der Waals surface area (Å²) in [5, 5.41) is 3.62. The zero-order chi connectivity index (χ0) is 14.9. The number of hydrogen-bond acceptors (Lipinski definition) is 2. The number of nitrogens with one attached hydrogen (secondary N) is 1. The lowest BCUT2D eigenvalue weighted by atomic mass is 9.89. The van der Waals surface area contributed by atoms with E-state index in [9.17, 15) is 0 Å². The summed E-state index contributed by atoms with van der Waals surface area (Å²) in [4.78, 5) is 0. The Labute approximate surface area is 130 Å². The molecule has 1 N–H and O–H groups in total. The summed E-state index contributed by atoms with van der Waals surface area (Å²) >= 11 is 0. The van der Waals surface area contributed by atoms with Gasteiger partial charge in [0, 0.05) is 12.6 Å². The molecular formula is C19H31NO. The van der Waals surface area contributed by atoms with Crippen molar-refractivity contribution in [2.75, 3.05) is 13.2 Å². The van der Waals surface area contributed by atoms with Crippen LogP contribution in [0.3, 0.4) is 0 Å². The lowest BCUT2D eigenvalue weighted by Crippen LogP contribution is -2.29. The molecule has 0 amide bonds. The van der Waals surface area contributed by atoms with Crippen molar-refractivity contribution in [1.29, 1.82) is 0 Å². The third-order valence-corrected chi connectivity index (χ3v) is 4.51. The molecule has 2 heteroatoms. The minimum atomic E-state index is 0.332. The first-order chi connectivity index (χ1) is 10.3. The minimum Gasteiger partial charge on any atom is -0.374 e. The zero-order valence-electron chi connectivity index (χ0n) is 13.7. The minimum absolute atomic E-state index is 0.332. The fraction of sp³-hybridized carbons (Fsp3) is 0.684. The molecule has 2 rings (SSSR count). The van der Waals surface area contributed by atoms with E-state index in [1.54, 1.807) is 0 Å². The van der Waals surface area contributed by atoms with E-state index in [0.717, 1.165) is 19.6 Å². The van der Waals surface area contributed by atoms with E-state index in [4.69, 9.17) is 4.74 Å². The standard InChI is InChI=1S/C19H31NO/c1-3-14-20-17(4-2)11-8-15-21-19-13-7-10-16-9-5-6-12-18(16)19/h5-6,9,12,17,19-20H,3-4,7-8,10-11,13-15H2,1-2H3. The van der Waals surface area contributed by atoms with Crippen LogP contribution in [0, 0.1) is 0 Å². The van der Waals surface area contributed by atoms with Gasteiger partial charge in [-0.15, -0.1) is 0 Å². The largest absolute Gasteiger partial charge is 0.374 e. The quantitative estimate of drug-likeness (QED) is 0.669. The van der Waals surface area contributed by atoms with E-state index >= 15 is 0 Å². The second-order valence-electron chi connectivity index (χ2n) is 6.15. The van der Waals surface area contributed by atoms with Crippen molar-refractivity contribution >= 4 is 0 Å². The van der Waals surface area contributed by atoms with Gasteiger partial charge in [0.05, 0.1) is 6.10 Å². The van der Waals surface area contributed by atoms with Crippen LogP contribution in [0.15, 0.2) is 24.3 Å². The van der Waals surface area contributed by atoms with Crippen molar-refractivity contribution in [3.63, 3.8) is 0 Å². The molecule has 1 aliphatic rings. The Balaban J connectivity index is 1.72. The highest BCUT2D eigenvalue weighted by Crippen LogP contribution is 2.32. The summed E-state index contributed by atoms with van der Waals surface area (Å²) in [5.41, 5.74) is 2.92. The molecule has 1 aromatic rings. The lowest BCUT2D eigenvalue weighted by molar-refractivity contribution is 0.0373. The second kappa shape index (κ2) is 9.22. The number of fused-ring (bicyclic) bond motifs is 1.